The molecular formula is C14H20O. The molecule has 0 radical (unpaired) electrons. The van der Waals surface area contributed by atoms with Crippen LogP contribution >= 0.6 is 0 Å². The van der Waals surface area contributed by atoms with Crippen molar-refractivity contribution in [2.45, 2.75) is 40.5 Å². The first-order valence-corrected chi connectivity index (χ1v) is 5.54. The molecule has 0 fully saturated rings. The first kappa shape index (κ1) is 12.0. The lowest BCUT2D eigenvalue weighted by Crippen LogP contribution is -2.16. The first-order chi connectivity index (χ1) is 6.93. The van der Waals surface area contributed by atoms with Gasteiger partial charge in [0, 0.05) is 11.8 Å². The number of ketones is 1. The lowest BCUT2D eigenvalue weighted by molar-refractivity contribution is -0.123. The van der Waals surface area contributed by atoms with Crippen molar-refractivity contribution in [2.24, 2.45) is 5.92 Å². The van der Waals surface area contributed by atoms with E-state index in [0.29, 0.717) is 5.78 Å². The fraction of sp³-hybridized carbons (Fsp3) is 0.500. The van der Waals surface area contributed by atoms with Gasteiger partial charge in [0.1, 0.15) is 5.78 Å². The molecule has 1 aromatic rings. The first-order valence-electron chi connectivity index (χ1n) is 5.54. The highest BCUT2D eigenvalue weighted by atomic mass is 16.1. The van der Waals surface area contributed by atoms with Gasteiger partial charge in [0.2, 0.25) is 0 Å². The smallest absolute Gasteiger partial charge is 0.142 e. The molecule has 0 N–H and O–H groups in total. The van der Waals surface area contributed by atoms with Crippen LogP contribution in [0.2, 0.25) is 0 Å². The number of hydrogen-bond acceptors (Lipinski definition) is 1. The van der Waals surface area contributed by atoms with E-state index in [1.807, 2.05) is 20.8 Å². The minimum atomic E-state index is 0.0191. The van der Waals surface area contributed by atoms with Crippen molar-refractivity contribution in [1.29, 1.82) is 0 Å². The van der Waals surface area contributed by atoms with Crippen molar-refractivity contribution in [3.63, 3.8) is 0 Å². The van der Waals surface area contributed by atoms with Gasteiger partial charge in [-0.15, -0.1) is 0 Å². The maximum absolute atomic E-state index is 11.9. The monoisotopic (exact) mass is 204 g/mol. The lowest BCUT2D eigenvalue weighted by atomic mass is 9.87. The SMILES string of the molecule is Cc1ccc(C(C)C(=O)C(C)C)c(C)c1. The second kappa shape index (κ2) is 4.61. The van der Waals surface area contributed by atoms with Crippen LogP contribution in [-0.4, -0.2) is 5.78 Å². The molecule has 0 spiro atoms. The summed E-state index contributed by atoms with van der Waals surface area (Å²) in [5, 5.41) is 0. The fourth-order valence-corrected chi connectivity index (χ4v) is 1.96. The number of aryl methyl sites for hydroxylation is 2. The van der Waals surface area contributed by atoms with Crippen LogP contribution in [0.1, 0.15) is 43.4 Å². The topological polar surface area (TPSA) is 17.1 Å². The van der Waals surface area contributed by atoms with Gasteiger partial charge in [0.05, 0.1) is 0 Å². The quantitative estimate of drug-likeness (QED) is 0.734. The summed E-state index contributed by atoms with van der Waals surface area (Å²) >= 11 is 0. The Hall–Kier alpha value is -1.11. The third-order valence-electron chi connectivity index (χ3n) is 2.89. The Bertz CT molecular complexity index is 364. The molecule has 1 nitrogen and oxygen atoms in total. The maximum Gasteiger partial charge on any atom is 0.142 e. The molecule has 0 aliphatic rings. The van der Waals surface area contributed by atoms with Crippen molar-refractivity contribution in [2.75, 3.05) is 0 Å². The maximum atomic E-state index is 11.9. The average molecular weight is 204 g/mol. The Morgan fingerprint density at radius 2 is 1.73 bits per heavy atom. The standard InChI is InChI=1S/C14H20O/c1-9(2)14(15)12(5)13-7-6-10(3)8-11(13)4/h6-9,12H,1-5H3. The van der Waals surface area contributed by atoms with Gasteiger partial charge in [-0.3, -0.25) is 4.79 Å². The summed E-state index contributed by atoms with van der Waals surface area (Å²) in [6, 6.07) is 6.29. The number of benzene rings is 1. The predicted octanol–water partition coefficient (Wildman–Crippen LogP) is 3.63. The molecule has 1 unspecified atom stereocenters. The largest absolute Gasteiger partial charge is 0.299 e. The zero-order valence-electron chi connectivity index (χ0n) is 10.3. The molecular weight excluding hydrogens is 184 g/mol. The van der Waals surface area contributed by atoms with E-state index >= 15 is 0 Å². The van der Waals surface area contributed by atoms with E-state index in [4.69, 9.17) is 0 Å². The number of carbonyl (C=O) groups is 1. The van der Waals surface area contributed by atoms with E-state index in [-0.39, 0.29) is 11.8 Å². The van der Waals surface area contributed by atoms with Crippen LogP contribution < -0.4 is 0 Å². The Morgan fingerprint density at radius 1 is 1.13 bits per heavy atom. The summed E-state index contributed by atoms with van der Waals surface area (Å²) in [5.74, 6) is 0.452. The minimum Gasteiger partial charge on any atom is -0.299 e. The van der Waals surface area contributed by atoms with Gasteiger partial charge in [0.25, 0.3) is 0 Å². The summed E-state index contributed by atoms with van der Waals surface area (Å²) in [6.07, 6.45) is 0. The van der Waals surface area contributed by atoms with Gasteiger partial charge in [-0.25, -0.2) is 0 Å². The predicted molar refractivity (Wildman–Crippen MR) is 64.2 cm³/mol. The molecule has 0 saturated carbocycles. The molecule has 1 heteroatoms. The number of Topliss-reactive ketones (excluding diaryl/α,β-unsaturated/α-hetero) is 1. The Morgan fingerprint density at radius 3 is 2.20 bits per heavy atom. The zero-order valence-corrected chi connectivity index (χ0v) is 10.3. The highest BCUT2D eigenvalue weighted by Gasteiger charge is 2.19. The van der Waals surface area contributed by atoms with Crippen LogP contribution in [0.15, 0.2) is 18.2 Å². The van der Waals surface area contributed by atoms with Crippen LogP contribution in [0.4, 0.5) is 0 Å². The molecule has 82 valence electrons. The van der Waals surface area contributed by atoms with E-state index in [2.05, 4.69) is 32.0 Å². The molecule has 0 amide bonds. The van der Waals surface area contributed by atoms with Gasteiger partial charge < -0.3 is 0 Å². The van der Waals surface area contributed by atoms with Gasteiger partial charge >= 0.3 is 0 Å². The number of hydrogen-bond donors (Lipinski definition) is 0. The normalized spacial score (nSPS) is 12.9. The third-order valence-corrected chi connectivity index (χ3v) is 2.89. The van der Waals surface area contributed by atoms with Crippen molar-refractivity contribution >= 4 is 5.78 Å². The molecule has 0 aromatic heterocycles. The highest BCUT2D eigenvalue weighted by molar-refractivity contribution is 5.87. The van der Waals surface area contributed by atoms with E-state index in [0.717, 1.165) is 0 Å². The zero-order chi connectivity index (χ0) is 11.6. The Kier molecular flexibility index (Phi) is 3.67. The Balaban J connectivity index is 3.01. The second-order valence-corrected chi connectivity index (χ2v) is 4.64. The summed E-state index contributed by atoms with van der Waals surface area (Å²) in [6.45, 7) is 10.1. The average Bonchev–Trinajstić information content (AvgIpc) is 2.15. The molecule has 0 aliphatic heterocycles. The number of carbonyl (C=O) groups excluding carboxylic acids is 1. The van der Waals surface area contributed by atoms with Crippen LogP contribution in [0.5, 0.6) is 0 Å². The number of rotatable bonds is 3. The van der Waals surface area contributed by atoms with Gasteiger partial charge in [-0.2, -0.15) is 0 Å². The lowest BCUT2D eigenvalue weighted by Gasteiger charge is -2.16. The van der Waals surface area contributed by atoms with Crippen molar-refractivity contribution in [3.8, 4) is 0 Å². The van der Waals surface area contributed by atoms with Crippen LogP contribution in [0, 0.1) is 19.8 Å². The van der Waals surface area contributed by atoms with E-state index in [1.54, 1.807) is 0 Å². The molecule has 15 heavy (non-hydrogen) atoms. The molecule has 0 saturated heterocycles. The van der Waals surface area contributed by atoms with Crippen molar-refractivity contribution < 1.29 is 4.79 Å². The Labute approximate surface area is 92.5 Å². The summed E-state index contributed by atoms with van der Waals surface area (Å²) in [7, 11) is 0. The second-order valence-electron chi connectivity index (χ2n) is 4.64. The summed E-state index contributed by atoms with van der Waals surface area (Å²) < 4.78 is 0. The van der Waals surface area contributed by atoms with Gasteiger partial charge in [-0.1, -0.05) is 44.5 Å². The van der Waals surface area contributed by atoms with E-state index in [9.17, 15) is 4.79 Å². The van der Waals surface area contributed by atoms with Crippen LogP contribution in [-0.2, 0) is 4.79 Å². The third kappa shape index (κ3) is 2.68. The summed E-state index contributed by atoms with van der Waals surface area (Å²) in [4.78, 5) is 11.9. The van der Waals surface area contributed by atoms with Crippen molar-refractivity contribution in [3.05, 3.63) is 34.9 Å². The molecule has 0 bridgehead atoms. The van der Waals surface area contributed by atoms with Crippen LogP contribution in [0.25, 0.3) is 0 Å². The van der Waals surface area contributed by atoms with Crippen molar-refractivity contribution in [1.82, 2.24) is 0 Å². The van der Waals surface area contributed by atoms with E-state index in [1.165, 1.54) is 16.7 Å². The molecule has 0 aliphatic carbocycles. The van der Waals surface area contributed by atoms with Crippen LogP contribution in [0.3, 0.4) is 0 Å². The molecule has 1 atom stereocenters. The molecule has 1 rings (SSSR count). The van der Waals surface area contributed by atoms with Gasteiger partial charge in [0.15, 0.2) is 0 Å². The highest BCUT2D eigenvalue weighted by Crippen LogP contribution is 2.23. The van der Waals surface area contributed by atoms with Gasteiger partial charge in [-0.05, 0) is 25.0 Å². The fourth-order valence-electron chi connectivity index (χ4n) is 1.96. The minimum absolute atomic E-state index is 0.0191. The molecule has 1 aromatic carbocycles. The molecule has 0 heterocycles. The summed E-state index contributed by atoms with van der Waals surface area (Å²) in [5.41, 5.74) is 3.64. The van der Waals surface area contributed by atoms with E-state index < -0.39 is 0 Å².